The van der Waals surface area contributed by atoms with E-state index in [-0.39, 0.29) is 6.61 Å². The van der Waals surface area contributed by atoms with Gasteiger partial charge in [0.25, 0.3) is 0 Å². The molecule has 1 rings (SSSR count). The van der Waals surface area contributed by atoms with Crippen LogP contribution in [-0.4, -0.2) is 23.9 Å². The molecule has 0 aliphatic heterocycles. The number of aliphatic hydroxyl groups is 1. The molecule has 0 heterocycles. The molecular weight excluding hydrogens is 282 g/mol. The molecule has 0 spiro atoms. The maximum absolute atomic E-state index is 9.59. The van der Waals surface area contributed by atoms with Crippen molar-refractivity contribution < 1.29 is 9.84 Å². The molecule has 96 valence electrons. The molecule has 0 aliphatic rings. The third kappa shape index (κ3) is 5.52. The largest absolute Gasteiger partial charge is 0.489 e. The highest BCUT2D eigenvalue weighted by molar-refractivity contribution is 9.10. The maximum atomic E-state index is 9.59. The van der Waals surface area contributed by atoms with Gasteiger partial charge in [-0.05, 0) is 54.0 Å². The Hall–Kier alpha value is -0.580. The number of hydrogen-bond acceptors (Lipinski definition) is 3. The molecule has 0 bridgehead atoms. The number of benzene rings is 1. The predicted octanol–water partition coefficient (Wildman–Crippen LogP) is 2.71. The van der Waals surface area contributed by atoms with Gasteiger partial charge in [-0.1, -0.05) is 13.0 Å². The lowest BCUT2D eigenvalue weighted by molar-refractivity contribution is 0.0282. The van der Waals surface area contributed by atoms with Crippen molar-refractivity contribution in [1.82, 2.24) is 5.32 Å². The molecule has 2 N–H and O–H groups in total. The van der Waals surface area contributed by atoms with Crippen molar-refractivity contribution in [2.75, 3.05) is 13.2 Å². The molecule has 17 heavy (non-hydrogen) atoms. The van der Waals surface area contributed by atoms with Crippen LogP contribution < -0.4 is 10.1 Å². The summed E-state index contributed by atoms with van der Waals surface area (Å²) < 4.78 is 6.46. The summed E-state index contributed by atoms with van der Waals surface area (Å²) in [4.78, 5) is 0. The molecule has 1 aromatic carbocycles. The van der Waals surface area contributed by atoms with Crippen molar-refractivity contribution in [3.63, 3.8) is 0 Å². The first-order chi connectivity index (χ1) is 7.92. The Labute approximate surface area is 111 Å². The summed E-state index contributed by atoms with van der Waals surface area (Å²) in [5.74, 6) is 0.757. The second-order valence-electron chi connectivity index (χ2n) is 4.65. The summed E-state index contributed by atoms with van der Waals surface area (Å²) in [6.07, 6.45) is 0. The van der Waals surface area contributed by atoms with Gasteiger partial charge >= 0.3 is 0 Å². The Morgan fingerprint density at radius 3 is 2.65 bits per heavy atom. The first kappa shape index (κ1) is 14.5. The third-order valence-corrected chi connectivity index (χ3v) is 2.78. The van der Waals surface area contributed by atoms with Gasteiger partial charge in [-0.25, -0.2) is 0 Å². The van der Waals surface area contributed by atoms with E-state index in [1.165, 1.54) is 5.56 Å². The van der Waals surface area contributed by atoms with Crippen molar-refractivity contribution in [1.29, 1.82) is 0 Å². The fourth-order valence-corrected chi connectivity index (χ4v) is 1.84. The van der Waals surface area contributed by atoms with Gasteiger partial charge in [0.1, 0.15) is 12.4 Å². The highest BCUT2D eigenvalue weighted by Gasteiger charge is 2.14. The van der Waals surface area contributed by atoms with Crippen LogP contribution in [0.4, 0.5) is 0 Å². The topological polar surface area (TPSA) is 41.5 Å². The average molecular weight is 302 g/mol. The number of rotatable bonds is 6. The molecular formula is C13H20BrNO2. The molecule has 0 unspecified atom stereocenters. The van der Waals surface area contributed by atoms with Crippen molar-refractivity contribution in [2.45, 2.75) is 32.9 Å². The molecule has 0 amide bonds. The molecule has 0 aromatic heterocycles. The lowest BCUT2D eigenvalue weighted by Crippen LogP contribution is -2.27. The van der Waals surface area contributed by atoms with Crippen LogP contribution in [0.5, 0.6) is 5.75 Å². The summed E-state index contributed by atoms with van der Waals surface area (Å²) in [5.41, 5.74) is 0.386. The summed E-state index contributed by atoms with van der Waals surface area (Å²) in [6, 6.07) is 5.97. The normalized spacial score (nSPS) is 11.6. The predicted molar refractivity (Wildman–Crippen MR) is 73.3 cm³/mol. The minimum absolute atomic E-state index is 0.276. The third-order valence-electron chi connectivity index (χ3n) is 2.16. The molecule has 4 heteroatoms. The fraction of sp³-hybridized carbons (Fsp3) is 0.538. The van der Waals surface area contributed by atoms with Gasteiger partial charge in [0.15, 0.2) is 0 Å². The van der Waals surface area contributed by atoms with Crippen LogP contribution in [0.15, 0.2) is 22.7 Å². The average Bonchev–Trinajstić information content (AvgIpc) is 2.23. The number of ether oxygens (including phenoxy) is 1. The zero-order valence-electron chi connectivity index (χ0n) is 10.6. The Morgan fingerprint density at radius 2 is 2.12 bits per heavy atom. The highest BCUT2D eigenvalue weighted by Crippen LogP contribution is 2.26. The summed E-state index contributed by atoms with van der Waals surface area (Å²) in [7, 11) is 0. The van der Waals surface area contributed by atoms with Gasteiger partial charge in [-0.15, -0.1) is 0 Å². The minimum atomic E-state index is -0.818. The van der Waals surface area contributed by atoms with Crippen molar-refractivity contribution in [2.24, 2.45) is 0 Å². The van der Waals surface area contributed by atoms with Gasteiger partial charge in [0, 0.05) is 6.54 Å². The van der Waals surface area contributed by atoms with E-state index in [2.05, 4.69) is 28.2 Å². The summed E-state index contributed by atoms with van der Waals surface area (Å²) >= 11 is 3.47. The molecule has 0 fully saturated rings. The Balaban J connectivity index is 2.63. The van der Waals surface area contributed by atoms with Gasteiger partial charge < -0.3 is 15.2 Å². The van der Waals surface area contributed by atoms with E-state index in [0.29, 0.717) is 0 Å². The van der Waals surface area contributed by atoms with E-state index in [1.807, 2.05) is 18.2 Å². The molecule has 0 aliphatic carbocycles. The van der Waals surface area contributed by atoms with Crippen molar-refractivity contribution in [3.05, 3.63) is 28.2 Å². The molecule has 0 saturated heterocycles. The Bertz CT molecular complexity index is 361. The number of nitrogens with one attached hydrogen (secondary N) is 1. The second kappa shape index (κ2) is 6.38. The van der Waals surface area contributed by atoms with Crippen LogP contribution in [0.3, 0.4) is 0 Å². The van der Waals surface area contributed by atoms with Crippen molar-refractivity contribution in [3.8, 4) is 5.75 Å². The fourth-order valence-electron chi connectivity index (χ4n) is 1.30. The maximum Gasteiger partial charge on any atom is 0.133 e. The van der Waals surface area contributed by atoms with Gasteiger partial charge in [-0.3, -0.25) is 0 Å². The molecule has 1 aromatic rings. The van der Waals surface area contributed by atoms with E-state index in [4.69, 9.17) is 4.74 Å². The van der Waals surface area contributed by atoms with E-state index in [0.717, 1.165) is 23.3 Å². The Kier molecular flexibility index (Phi) is 5.43. The standard InChI is InChI=1S/C13H20BrNO2/c1-4-15-8-10-5-6-12(11(14)7-10)17-9-13(2,3)16/h5-7,15-16H,4,8-9H2,1-3H3. The zero-order valence-corrected chi connectivity index (χ0v) is 12.2. The van der Waals surface area contributed by atoms with Crippen LogP contribution in [0.2, 0.25) is 0 Å². The smallest absolute Gasteiger partial charge is 0.133 e. The van der Waals surface area contributed by atoms with Crippen LogP contribution in [-0.2, 0) is 6.54 Å². The Morgan fingerprint density at radius 1 is 1.41 bits per heavy atom. The quantitative estimate of drug-likeness (QED) is 0.849. The lowest BCUT2D eigenvalue weighted by Gasteiger charge is -2.18. The highest BCUT2D eigenvalue weighted by atomic mass is 79.9. The minimum Gasteiger partial charge on any atom is -0.489 e. The number of hydrogen-bond donors (Lipinski definition) is 2. The molecule has 0 atom stereocenters. The second-order valence-corrected chi connectivity index (χ2v) is 5.50. The van der Waals surface area contributed by atoms with Crippen LogP contribution >= 0.6 is 15.9 Å². The first-order valence-corrected chi connectivity index (χ1v) is 6.56. The van der Waals surface area contributed by atoms with Gasteiger partial charge in [0.2, 0.25) is 0 Å². The molecule has 0 saturated carbocycles. The van der Waals surface area contributed by atoms with E-state index >= 15 is 0 Å². The lowest BCUT2D eigenvalue weighted by atomic mass is 10.1. The molecule has 3 nitrogen and oxygen atoms in total. The number of halogens is 1. The zero-order chi connectivity index (χ0) is 12.9. The summed E-state index contributed by atoms with van der Waals surface area (Å²) in [6.45, 7) is 7.60. The molecule has 0 radical (unpaired) electrons. The SMILES string of the molecule is CCNCc1ccc(OCC(C)(C)O)c(Br)c1. The van der Waals surface area contributed by atoms with Crippen molar-refractivity contribution >= 4 is 15.9 Å². The van der Waals surface area contributed by atoms with Gasteiger partial charge in [-0.2, -0.15) is 0 Å². The van der Waals surface area contributed by atoms with Crippen LogP contribution in [0.1, 0.15) is 26.3 Å². The first-order valence-electron chi connectivity index (χ1n) is 5.76. The van der Waals surface area contributed by atoms with E-state index < -0.39 is 5.60 Å². The van der Waals surface area contributed by atoms with Gasteiger partial charge in [0.05, 0.1) is 10.1 Å². The van der Waals surface area contributed by atoms with E-state index in [1.54, 1.807) is 13.8 Å². The monoisotopic (exact) mass is 301 g/mol. The van der Waals surface area contributed by atoms with Crippen LogP contribution in [0, 0.1) is 0 Å². The van der Waals surface area contributed by atoms with Crippen LogP contribution in [0.25, 0.3) is 0 Å². The van der Waals surface area contributed by atoms with E-state index in [9.17, 15) is 5.11 Å². The summed E-state index contributed by atoms with van der Waals surface area (Å²) in [5, 5.41) is 12.9.